The van der Waals surface area contributed by atoms with Crippen molar-refractivity contribution >= 4 is 68.2 Å². The largest absolute Gasteiger partial charge is 0.311 e. The number of para-hydroxylation sites is 2. The Labute approximate surface area is 542 Å². The first-order valence-electron chi connectivity index (χ1n) is 31.6. The number of hydrogen-bond acceptors (Lipinski definition) is 4. The smallest absolute Gasteiger partial charge is 0.0464 e. The second kappa shape index (κ2) is 26.2. The third-order valence-corrected chi connectivity index (χ3v) is 17.3. The quantitative estimate of drug-likeness (QED) is 0.0901. The van der Waals surface area contributed by atoms with Crippen LogP contribution >= 0.6 is 0 Å². The van der Waals surface area contributed by atoms with Crippen LogP contribution in [0.4, 0.5) is 68.2 Å². The maximum Gasteiger partial charge on any atom is 0.0464 e. The number of aryl methyl sites for hydroxylation is 4. The van der Waals surface area contributed by atoms with Crippen LogP contribution in [0.2, 0.25) is 0 Å². The Bertz CT molecular complexity index is 4370. The summed E-state index contributed by atoms with van der Waals surface area (Å²) in [7, 11) is 0. The summed E-state index contributed by atoms with van der Waals surface area (Å²) in [5, 5.41) is 0. The van der Waals surface area contributed by atoms with E-state index in [-0.39, 0.29) is 0 Å². The van der Waals surface area contributed by atoms with Gasteiger partial charge < -0.3 is 19.6 Å². The van der Waals surface area contributed by atoms with E-state index >= 15 is 0 Å². The standard InChI is InChI=1S/C88H70N4/c1-63-15-11-23-85(59-63)91(86-24-12-16-64(2)60-86)83-55-43-75(44-56-83)73-39-51-81(52-40-73)89(77-19-7-5-8-20-77)79-47-35-71(36-48-79)69-31-27-67(28-32-69)68-29-33-70(34-30-68)72-37-49-80(50-38-72)90(78-21-9-6-10-22-78)82-53-41-74(42-54-82)76-45-57-84(58-46-76)92(87-25-13-17-65(3)61-87)88-26-14-18-66(4)62-88/h5-62H,1-4H3. The van der Waals surface area contributed by atoms with Crippen molar-refractivity contribution in [3.05, 3.63) is 374 Å². The van der Waals surface area contributed by atoms with Crippen LogP contribution in [0.5, 0.6) is 0 Å². The lowest BCUT2D eigenvalue weighted by Gasteiger charge is -2.26. The van der Waals surface area contributed by atoms with Crippen molar-refractivity contribution in [1.29, 1.82) is 0 Å². The molecule has 442 valence electrons. The lowest BCUT2D eigenvalue weighted by Crippen LogP contribution is -2.10. The van der Waals surface area contributed by atoms with Crippen molar-refractivity contribution in [1.82, 2.24) is 0 Å². The van der Waals surface area contributed by atoms with Gasteiger partial charge in [0.2, 0.25) is 0 Å². The Hall–Kier alpha value is -11.7. The molecule has 0 amide bonds. The fourth-order valence-corrected chi connectivity index (χ4v) is 12.5. The van der Waals surface area contributed by atoms with E-state index in [1.54, 1.807) is 0 Å². The highest BCUT2D eigenvalue weighted by Crippen LogP contribution is 2.42. The van der Waals surface area contributed by atoms with Gasteiger partial charge in [0.1, 0.15) is 0 Å². The molecule has 4 nitrogen and oxygen atoms in total. The molecule has 0 saturated heterocycles. The van der Waals surface area contributed by atoms with E-state index in [4.69, 9.17) is 0 Å². The molecule has 0 unspecified atom stereocenters. The second-order valence-electron chi connectivity index (χ2n) is 23.8. The minimum absolute atomic E-state index is 1.09. The lowest BCUT2D eigenvalue weighted by atomic mass is 9.97. The van der Waals surface area contributed by atoms with Crippen molar-refractivity contribution in [2.24, 2.45) is 0 Å². The minimum Gasteiger partial charge on any atom is -0.311 e. The Morgan fingerprint density at radius 1 is 0.130 bits per heavy atom. The molecule has 14 aromatic rings. The first-order valence-corrected chi connectivity index (χ1v) is 31.6. The molecule has 0 aliphatic carbocycles. The summed E-state index contributed by atoms with van der Waals surface area (Å²) in [6.07, 6.45) is 0. The number of nitrogens with zero attached hydrogens (tertiary/aromatic N) is 4. The molecule has 14 aromatic carbocycles. The maximum atomic E-state index is 2.33. The van der Waals surface area contributed by atoms with Crippen molar-refractivity contribution in [2.45, 2.75) is 27.7 Å². The van der Waals surface area contributed by atoms with E-state index in [1.807, 2.05) is 0 Å². The molecular weight excluding hydrogens is 1110 g/mol. The van der Waals surface area contributed by atoms with Crippen LogP contribution in [0.25, 0.3) is 55.6 Å². The normalized spacial score (nSPS) is 11.0. The van der Waals surface area contributed by atoms with Crippen LogP contribution in [-0.2, 0) is 0 Å². The van der Waals surface area contributed by atoms with Gasteiger partial charge in [-0.15, -0.1) is 0 Å². The van der Waals surface area contributed by atoms with Gasteiger partial charge in [0.15, 0.2) is 0 Å². The summed E-state index contributed by atoms with van der Waals surface area (Å²) in [6.45, 7) is 8.59. The number of hydrogen-bond donors (Lipinski definition) is 0. The number of anilines is 12. The lowest BCUT2D eigenvalue weighted by molar-refractivity contribution is 1.26. The molecule has 0 heterocycles. The van der Waals surface area contributed by atoms with E-state index in [1.165, 1.54) is 66.8 Å². The molecule has 4 heteroatoms. The average molecular weight is 1180 g/mol. The van der Waals surface area contributed by atoms with E-state index < -0.39 is 0 Å². The number of benzene rings is 14. The molecule has 0 bridgehead atoms. The van der Waals surface area contributed by atoms with Crippen LogP contribution in [0.1, 0.15) is 22.3 Å². The monoisotopic (exact) mass is 1180 g/mol. The van der Waals surface area contributed by atoms with Gasteiger partial charge in [-0.1, -0.05) is 206 Å². The predicted octanol–water partition coefficient (Wildman–Crippen LogP) is 25.1. The molecule has 0 aliphatic rings. The average Bonchev–Trinajstić information content (AvgIpc) is 1.04. The van der Waals surface area contributed by atoms with Crippen molar-refractivity contribution in [2.75, 3.05) is 19.6 Å². The molecule has 0 saturated carbocycles. The molecular formula is C88H70N4. The first-order chi connectivity index (χ1) is 45.2. The van der Waals surface area contributed by atoms with Crippen molar-refractivity contribution in [3.8, 4) is 55.6 Å². The molecule has 92 heavy (non-hydrogen) atoms. The zero-order valence-corrected chi connectivity index (χ0v) is 52.3. The van der Waals surface area contributed by atoms with E-state index in [2.05, 4.69) is 399 Å². The number of rotatable bonds is 17. The van der Waals surface area contributed by atoms with Crippen LogP contribution < -0.4 is 19.6 Å². The summed E-state index contributed by atoms with van der Waals surface area (Å²) in [5.41, 5.74) is 30.0. The molecule has 0 fully saturated rings. The van der Waals surface area contributed by atoms with Crippen LogP contribution in [-0.4, -0.2) is 0 Å². The predicted molar refractivity (Wildman–Crippen MR) is 391 cm³/mol. The summed E-state index contributed by atoms with van der Waals surface area (Å²) in [5.74, 6) is 0. The van der Waals surface area contributed by atoms with Gasteiger partial charge >= 0.3 is 0 Å². The zero-order chi connectivity index (χ0) is 62.3. The summed E-state index contributed by atoms with van der Waals surface area (Å²) < 4.78 is 0. The molecule has 14 rings (SSSR count). The van der Waals surface area contributed by atoms with E-state index in [0.717, 1.165) is 79.4 Å². The summed E-state index contributed by atoms with van der Waals surface area (Å²) >= 11 is 0. The van der Waals surface area contributed by atoms with Gasteiger partial charge in [0.05, 0.1) is 0 Å². The Morgan fingerprint density at radius 2 is 0.272 bits per heavy atom. The third-order valence-electron chi connectivity index (χ3n) is 17.3. The SMILES string of the molecule is Cc1cccc(N(c2ccc(-c3ccc(N(c4ccccc4)c4ccc(-c5ccc(-c6ccc(-c7ccc(N(c8ccccc8)c8ccc(-c9ccc(N(c%10cccc(C)c%10)c%10cccc(C)c%10)cc9)cc8)cc7)cc6)cc5)cc4)cc3)cc2)c2cccc(C)c2)c1. The summed E-state index contributed by atoms with van der Waals surface area (Å²) in [6, 6.07) is 127. The molecule has 0 aliphatic heterocycles. The van der Waals surface area contributed by atoms with Gasteiger partial charge in [0, 0.05) is 68.2 Å². The molecule has 0 N–H and O–H groups in total. The summed E-state index contributed by atoms with van der Waals surface area (Å²) in [4.78, 5) is 9.32. The van der Waals surface area contributed by atoms with Crippen molar-refractivity contribution < 1.29 is 0 Å². The van der Waals surface area contributed by atoms with Crippen LogP contribution in [0.15, 0.2) is 352 Å². The highest BCUT2D eigenvalue weighted by atomic mass is 15.2. The van der Waals surface area contributed by atoms with Gasteiger partial charge in [0.25, 0.3) is 0 Å². The molecule has 0 atom stereocenters. The maximum absolute atomic E-state index is 2.33. The molecule has 0 aromatic heterocycles. The highest BCUT2D eigenvalue weighted by molar-refractivity contribution is 5.85. The fraction of sp³-hybridized carbons (Fsp3) is 0.0455. The fourth-order valence-electron chi connectivity index (χ4n) is 12.5. The highest BCUT2D eigenvalue weighted by Gasteiger charge is 2.19. The third kappa shape index (κ3) is 12.6. The van der Waals surface area contributed by atoms with Crippen LogP contribution in [0.3, 0.4) is 0 Å². The van der Waals surface area contributed by atoms with Gasteiger partial charge in [-0.25, -0.2) is 0 Å². The van der Waals surface area contributed by atoms with Gasteiger partial charge in [-0.2, -0.15) is 0 Å². The minimum atomic E-state index is 1.09. The molecule has 0 spiro atoms. The Morgan fingerprint density at radius 3 is 0.446 bits per heavy atom. The topological polar surface area (TPSA) is 13.0 Å². The molecule has 0 radical (unpaired) electrons. The van der Waals surface area contributed by atoms with E-state index in [0.29, 0.717) is 0 Å². The Balaban J connectivity index is 0.646. The van der Waals surface area contributed by atoms with Crippen molar-refractivity contribution in [3.63, 3.8) is 0 Å². The van der Waals surface area contributed by atoms with Crippen LogP contribution in [0, 0.1) is 27.7 Å². The zero-order valence-electron chi connectivity index (χ0n) is 52.3. The Kier molecular flexibility index (Phi) is 16.5. The second-order valence-corrected chi connectivity index (χ2v) is 23.8. The van der Waals surface area contributed by atoms with Gasteiger partial charge in [-0.05, 0) is 251 Å². The van der Waals surface area contributed by atoms with E-state index in [9.17, 15) is 0 Å². The first kappa shape index (κ1) is 58.0. The van der Waals surface area contributed by atoms with Gasteiger partial charge in [-0.3, -0.25) is 0 Å².